The second-order valence-corrected chi connectivity index (χ2v) is 8.27. The Morgan fingerprint density at radius 1 is 1.15 bits per heavy atom. The molecule has 2 aliphatic carbocycles. The summed E-state index contributed by atoms with van der Waals surface area (Å²) in [4.78, 5) is 26.8. The van der Waals surface area contributed by atoms with Crippen LogP contribution in [-0.2, 0) is 19.9 Å². The highest BCUT2D eigenvalue weighted by Crippen LogP contribution is 2.37. The van der Waals surface area contributed by atoms with E-state index in [-0.39, 0.29) is 11.8 Å². The first kappa shape index (κ1) is 17.3. The molecular weight excluding hydrogens is 348 g/mol. The van der Waals surface area contributed by atoms with Crippen LogP contribution in [0.5, 0.6) is 0 Å². The Labute approximate surface area is 157 Å². The number of aromatic nitrogens is 2. The summed E-state index contributed by atoms with van der Waals surface area (Å²) in [6.45, 7) is 0. The summed E-state index contributed by atoms with van der Waals surface area (Å²) in [5.41, 5.74) is 2.32. The number of nitrogens with zero attached hydrogens (tertiary/aromatic N) is 2. The Kier molecular flexibility index (Phi) is 4.80. The topological polar surface area (TPSA) is 76.0 Å². The van der Waals surface area contributed by atoms with Crippen molar-refractivity contribution >= 4 is 28.2 Å². The van der Waals surface area contributed by atoms with Crippen LogP contribution < -0.4 is 10.6 Å². The van der Waals surface area contributed by atoms with Crippen molar-refractivity contribution in [1.82, 2.24) is 15.1 Å². The zero-order valence-corrected chi connectivity index (χ0v) is 15.8. The van der Waals surface area contributed by atoms with Crippen molar-refractivity contribution in [3.63, 3.8) is 0 Å². The minimum atomic E-state index is -0.223. The van der Waals surface area contributed by atoms with E-state index >= 15 is 0 Å². The van der Waals surface area contributed by atoms with Crippen molar-refractivity contribution in [3.05, 3.63) is 34.0 Å². The van der Waals surface area contributed by atoms with Gasteiger partial charge in [0.15, 0.2) is 0 Å². The fourth-order valence-electron chi connectivity index (χ4n) is 3.50. The normalized spacial score (nSPS) is 17.1. The fraction of sp³-hybridized carbons (Fsp3) is 0.526. The molecule has 4 rings (SSSR count). The van der Waals surface area contributed by atoms with E-state index in [0.29, 0.717) is 22.3 Å². The lowest BCUT2D eigenvalue weighted by Gasteiger charge is -2.12. The summed E-state index contributed by atoms with van der Waals surface area (Å²) >= 11 is 1.57. The van der Waals surface area contributed by atoms with Crippen LogP contribution in [0, 0.1) is 0 Å². The van der Waals surface area contributed by atoms with Gasteiger partial charge in [0.25, 0.3) is 11.8 Å². The molecule has 0 radical (unpaired) electrons. The highest BCUT2D eigenvalue weighted by atomic mass is 32.1. The number of fused-ring (bicyclic) bond motifs is 1. The van der Waals surface area contributed by atoms with E-state index in [2.05, 4.69) is 15.7 Å². The number of hydrogen-bond donors (Lipinski definition) is 2. The van der Waals surface area contributed by atoms with E-state index in [1.807, 2.05) is 0 Å². The summed E-state index contributed by atoms with van der Waals surface area (Å²) in [6, 6.07) is 1.98. The summed E-state index contributed by atoms with van der Waals surface area (Å²) in [5.74, 6) is -0.259. The van der Waals surface area contributed by atoms with E-state index in [1.165, 1.54) is 17.7 Å². The first-order valence-corrected chi connectivity index (χ1v) is 10.2. The molecule has 0 aromatic carbocycles. The van der Waals surface area contributed by atoms with Crippen LogP contribution in [0.15, 0.2) is 12.3 Å². The summed E-state index contributed by atoms with van der Waals surface area (Å²) in [7, 11) is 1.74. The van der Waals surface area contributed by atoms with Crippen LogP contribution in [0.3, 0.4) is 0 Å². The predicted molar refractivity (Wildman–Crippen MR) is 102 cm³/mol. The number of thiophene rings is 1. The lowest BCUT2D eigenvalue weighted by atomic mass is 9.96. The average molecular weight is 372 g/mol. The molecule has 2 heterocycles. The number of carbonyl (C=O) groups excluding carboxylic acids is 2. The Hall–Kier alpha value is -2.15. The number of nitrogens with one attached hydrogen (secondary N) is 2. The van der Waals surface area contributed by atoms with Gasteiger partial charge in [0.2, 0.25) is 0 Å². The van der Waals surface area contributed by atoms with Gasteiger partial charge in [-0.3, -0.25) is 14.3 Å². The van der Waals surface area contributed by atoms with Crippen LogP contribution >= 0.6 is 11.3 Å². The minimum Gasteiger partial charge on any atom is -0.349 e. The monoisotopic (exact) mass is 372 g/mol. The maximum absolute atomic E-state index is 12.9. The molecule has 0 aliphatic heterocycles. The first-order valence-electron chi connectivity index (χ1n) is 9.38. The Balaban J connectivity index is 1.67. The number of hydrogen-bond acceptors (Lipinski definition) is 4. The lowest BCUT2D eigenvalue weighted by molar-refractivity contribution is 0.0951. The Morgan fingerprint density at radius 3 is 2.62 bits per heavy atom. The van der Waals surface area contributed by atoms with Gasteiger partial charge in [-0.25, -0.2) is 0 Å². The minimum absolute atomic E-state index is 0.0362. The third-order valence-corrected chi connectivity index (χ3v) is 6.30. The highest BCUT2D eigenvalue weighted by molar-refractivity contribution is 7.17. The average Bonchev–Trinajstić information content (AvgIpc) is 3.19. The van der Waals surface area contributed by atoms with Gasteiger partial charge in [0, 0.05) is 24.2 Å². The smallest absolute Gasteiger partial charge is 0.274 e. The van der Waals surface area contributed by atoms with Crippen molar-refractivity contribution in [2.24, 2.45) is 7.05 Å². The molecule has 2 N–H and O–H groups in total. The SMILES string of the molecule is Cn1nccc1C(=O)Nc1sc2c(c1C(=O)NC1CC1)CCCCCC2. The van der Waals surface area contributed by atoms with Crippen molar-refractivity contribution in [1.29, 1.82) is 0 Å². The van der Waals surface area contributed by atoms with E-state index < -0.39 is 0 Å². The summed E-state index contributed by atoms with van der Waals surface area (Å²) < 4.78 is 1.54. The van der Waals surface area contributed by atoms with Crippen LogP contribution in [0.4, 0.5) is 5.00 Å². The first-order chi connectivity index (χ1) is 12.6. The second-order valence-electron chi connectivity index (χ2n) is 7.16. The van der Waals surface area contributed by atoms with Gasteiger partial charge in [0.1, 0.15) is 10.7 Å². The van der Waals surface area contributed by atoms with Crippen LogP contribution in [0.2, 0.25) is 0 Å². The summed E-state index contributed by atoms with van der Waals surface area (Å²) in [6.07, 6.45) is 10.3. The molecule has 1 saturated carbocycles. The predicted octanol–water partition coefficient (Wildman–Crippen LogP) is 3.29. The number of amides is 2. The fourth-order valence-corrected chi connectivity index (χ4v) is 4.78. The molecule has 138 valence electrons. The number of aryl methyl sites for hydroxylation is 2. The summed E-state index contributed by atoms with van der Waals surface area (Å²) in [5, 5.41) is 10.8. The van der Waals surface area contributed by atoms with Gasteiger partial charge in [-0.15, -0.1) is 11.3 Å². The van der Waals surface area contributed by atoms with E-state index in [1.54, 1.807) is 35.3 Å². The molecule has 6 nitrogen and oxygen atoms in total. The van der Waals surface area contributed by atoms with Gasteiger partial charge >= 0.3 is 0 Å². The molecule has 26 heavy (non-hydrogen) atoms. The van der Waals surface area contributed by atoms with Gasteiger partial charge in [-0.05, 0) is 50.2 Å². The van der Waals surface area contributed by atoms with Crippen molar-refractivity contribution in [2.45, 2.75) is 57.4 Å². The third kappa shape index (κ3) is 3.53. The molecule has 2 aromatic rings. The molecule has 7 heteroatoms. The van der Waals surface area contributed by atoms with E-state index in [9.17, 15) is 9.59 Å². The van der Waals surface area contributed by atoms with Gasteiger partial charge in [0.05, 0.1) is 5.56 Å². The molecule has 2 amide bonds. The largest absolute Gasteiger partial charge is 0.349 e. The maximum atomic E-state index is 12.9. The quantitative estimate of drug-likeness (QED) is 0.865. The van der Waals surface area contributed by atoms with Crippen LogP contribution in [-0.4, -0.2) is 27.6 Å². The molecule has 0 saturated heterocycles. The van der Waals surface area contributed by atoms with Crippen molar-refractivity contribution in [3.8, 4) is 0 Å². The maximum Gasteiger partial charge on any atom is 0.274 e. The molecule has 0 bridgehead atoms. The van der Waals surface area contributed by atoms with E-state index in [0.717, 1.165) is 44.1 Å². The second kappa shape index (κ2) is 7.23. The van der Waals surface area contributed by atoms with Crippen molar-refractivity contribution in [2.75, 3.05) is 5.32 Å². The number of carbonyl (C=O) groups is 2. The van der Waals surface area contributed by atoms with Gasteiger partial charge in [-0.2, -0.15) is 5.10 Å². The molecule has 0 unspecified atom stereocenters. The Morgan fingerprint density at radius 2 is 1.92 bits per heavy atom. The molecule has 1 fully saturated rings. The standard InChI is InChI=1S/C19H24N4O2S/c1-23-14(10-11-20-23)17(24)22-19-16(18(25)21-12-8-9-12)13-6-4-2-3-5-7-15(13)26-19/h10-12H,2-9H2,1H3,(H,21,25)(H,22,24). The van der Waals surface area contributed by atoms with Crippen LogP contribution in [0.1, 0.15) is 69.8 Å². The highest BCUT2D eigenvalue weighted by Gasteiger charge is 2.30. The number of rotatable bonds is 4. The van der Waals surface area contributed by atoms with Crippen molar-refractivity contribution < 1.29 is 9.59 Å². The molecule has 2 aliphatic rings. The molecular formula is C19H24N4O2S. The van der Waals surface area contributed by atoms with Gasteiger partial charge < -0.3 is 10.6 Å². The third-order valence-electron chi connectivity index (χ3n) is 5.09. The zero-order valence-electron chi connectivity index (χ0n) is 15.0. The number of anilines is 1. The van der Waals surface area contributed by atoms with Gasteiger partial charge in [-0.1, -0.05) is 12.8 Å². The van der Waals surface area contributed by atoms with Crippen LogP contribution in [0.25, 0.3) is 0 Å². The molecule has 2 aromatic heterocycles. The molecule has 0 atom stereocenters. The Bertz CT molecular complexity index is 835. The van der Waals surface area contributed by atoms with E-state index in [4.69, 9.17) is 0 Å². The lowest BCUT2D eigenvalue weighted by Crippen LogP contribution is -2.27. The zero-order chi connectivity index (χ0) is 18.1. The molecule has 0 spiro atoms.